The van der Waals surface area contributed by atoms with Crippen molar-refractivity contribution in [1.29, 1.82) is 0 Å². The molecule has 0 saturated carbocycles. The summed E-state index contributed by atoms with van der Waals surface area (Å²) in [6.45, 7) is 23.6. The molecule has 0 amide bonds. The third-order valence-corrected chi connectivity index (χ3v) is 22.9. The maximum absolute atomic E-state index is 7.03. The van der Waals surface area contributed by atoms with Crippen molar-refractivity contribution in [3.8, 4) is 0 Å². The van der Waals surface area contributed by atoms with E-state index in [1.807, 2.05) is 0 Å². The molecule has 0 aliphatic carbocycles. The minimum absolute atomic E-state index is 0.437. The van der Waals surface area contributed by atoms with Gasteiger partial charge in [-0.05, 0) is 0 Å². The summed E-state index contributed by atoms with van der Waals surface area (Å²) in [5.74, 6) is 0.874. The van der Waals surface area contributed by atoms with Crippen molar-refractivity contribution in [2.24, 2.45) is 11.8 Å². The van der Waals surface area contributed by atoms with Gasteiger partial charge in [0.05, 0.1) is 0 Å². The van der Waals surface area contributed by atoms with Crippen molar-refractivity contribution < 1.29 is 30.8 Å². The van der Waals surface area contributed by atoms with Gasteiger partial charge in [-0.3, -0.25) is 0 Å². The molecule has 4 nitrogen and oxygen atoms in total. The summed E-state index contributed by atoms with van der Waals surface area (Å²) in [5.41, 5.74) is 0. The van der Waals surface area contributed by atoms with Crippen molar-refractivity contribution >= 4 is 16.6 Å². The first-order valence-electron chi connectivity index (χ1n) is 11.3. The first-order chi connectivity index (χ1) is 12.6. The summed E-state index contributed by atoms with van der Waals surface area (Å²) in [6.07, 6.45) is 0. The molecule has 0 heterocycles. The molecular formula is C20H48O4Si2Ti. The van der Waals surface area contributed by atoms with Gasteiger partial charge >= 0.3 is 178 Å². The Kier molecular flexibility index (Phi) is 13.8. The molecule has 27 heavy (non-hydrogen) atoms. The monoisotopic (exact) mass is 456 g/mol. The van der Waals surface area contributed by atoms with Gasteiger partial charge in [-0.2, -0.15) is 0 Å². The summed E-state index contributed by atoms with van der Waals surface area (Å²) >= 11 is -3.84. The van der Waals surface area contributed by atoms with Gasteiger partial charge in [-0.15, -0.1) is 0 Å². The zero-order valence-electron chi connectivity index (χ0n) is 19.9. The van der Waals surface area contributed by atoms with Gasteiger partial charge in [-0.1, -0.05) is 0 Å². The van der Waals surface area contributed by atoms with Crippen LogP contribution in [0.3, 0.4) is 0 Å². The second-order valence-corrected chi connectivity index (χ2v) is 22.4. The van der Waals surface area contributed by atoms with Crippen molar-refractivity contribution in [2.45, 2.75) is 106 Å². The molecule has 7 heteroatoms. The molecule has 0 aliphatic heterocycles. The summed E-state index contributed by atoms with van der Waals surface area (Å²) < 4.78 is 27.2. The Morgan fingerprint density at radius 2 is 0.815 bits per heavy atom. The molecule has 0 aromatic carbocycles. The molecule has 0 aromatic heterocycles. The molecular weight excluding hydrogens is 408 g/mol. The standard InChI is InChI=1S/2C6H15OSi.2C4H9O.Ti/c2*1-4-8(7,5-2)6-3;2*1-4(2)3-5;/h2*4-6H2,1-3H3;2*4H,3H2,1-2H3;/q4*-1;+4. The fourth-order valence-corrected chi connectivity index (χ4v) is 21.0. The van der Waals surface area contributed by atoms with Crippen LogP contribution in [-0.4, -0.2) is 29.8 Å². The fraction of sp³-hybridized carbons (Fsp3) is 1.00. The minimum atomic E-state index is -3.84. The van der Waals surface area contributed by atoms with Crippen molar-refractivity contribution in [3.63, 3.8) is 0 Å². The molecule has 0 saturated heterocycles. The van der Waals surface area contributed by atoms with E-state index in [1.165, 1.54) is 0 Å². The number of hydrogen-bond acceptors (Lipinski definition) is 4. The molecule has 0 bridgehead atoms. The Hall–Kier alpha value is 0.988. The van der Waals surface area contributed by atoms with Gasteiger partial charge in [0, 0.05) is 0 Å². The average Bonchev–Trinajstić information content (AvgIpc) is 2.67. The van der Waals surface area contributed by atoms with Gasteiger partial charge in [0.2, 0.25) is 0 Å². The van der Waals surface area contributed by atoms with Gasteiger partial charge in [0.1, 0.15) is 0 Å². The molecule has 0 unspecified atom stereocenters. The summed E-state index contributed by atoms with van der Waals surface area (Å²) in [5, 5.41) is 0. The number of hydrogen-bond donors (Lipinski definition) is 0. The van der Waals surface area contributed by atoms with Crippen LogP contribution in [0.5, 0.6) is 0 Å². The Morgan fingerprint density at radius 3 is 1.00 bits per heavy atom. The van der Waals surface area contributed by atoms with Crippen molar-refractivity contribution in [1.82, 2.24) is 0 Å². The van der Waals surface area contributed by atoms with Crippen molar-refractivity contribution in [2.75, 3.05) is 13.2 Å². The van der Waals surface area contributed by atoms with Crippen LogP contribution in [0, 0.1) is 11.8 Å². The van der Waals surface area contributed by atoms with Crippen LogP contribution in [0.25, 0.3) is 0 Å². The van der Waals surface area contributed by atoms with Crippen LogP contribution in [0.4, 0.5) is 0 Å². The van der Waals surface area contributed by atoms with Crippen LogP contribution in [0.15, 0.2) is 0 Å². The zero-order chi connectivity index (χ0) is 21.1. The molecule has 0 aromatic rings. The van der Waals surface area contributed by atoms with Gasteiger partial charge in [0.15, 0.2) is 0 Å². The average molecular weight is 457 g/mol. The first-order valence-corrected chi connectivity index (χ1v) is 18.9. The third-order valence-electron chi connectivity index (χ3n) is 5.74. The van der Waals surface area contributed by atoms with E-state index in [9.17, 15) is 0 Å². The van der Waals surface area contributed by atoms with E-state index in [1.54, 1.807) is 0 Å². The summed E-state index contributed by atoms with van der Waals surface area (Å²) in [7, 11) is -3.81. The third kappa shape index (κ3) is 9.12. The van der Waals surface area contributed by atoms with Crippen LogP contribution in [0.1, 0.15) is 69.2 Å². The van der Waals surface area contributed by atoms with Crippen LogP contribution < -0.4 is 0 Å². The Bertz CT molecular complexity index is 334. The molecule has 0 N–H and O–H groups in total. The molecule has 0 spiro atoms. The Balaban J connectivity index is 6.03. The molecule has 0 atom stereocenters. The molecule has 164 valence electrons. The van der Waals surface area contributed by atoms with E-state index < -0.39 is 34.8 Å². The van der Waals surface area contributed by atoms with Gasteiger partial charge in [0.25, 0.3) is 0 Å². The maximum atomic E-state index is 7.03. The second-order valence-electron chi connectivity index (χ2n) is 8.60. The first kappa shape index (κ1) is 28.0. The SMILES string of the molecule is CC[Si](CC)(CC)[O][Ti]([O]CC(C)C)([O]CC(C)C)[O][Si](CC)(CC)CC. The van der Waals surface area contributed by atoms with E-state index >= 15 is 0 Å². The second kappa shape index (κ2) is 13.3. The van der Waals surface area contributed by atoms with E-state index in [0.717, 1.165) is 36.3 Å². The zero-order valence-corrected chi connectivity index (χ0v) is 23.5. The van der Waals surface area contributed by atoms with E-state index in [4.69, 9.17) is 12.7 Å². The predicted molar refractivity (Wildman–Crippen MR) is 118 cm³/mol. The topological polar surface area (TPSA) is 36.9 Å². The van der Waals surface area contributed by atoms with Crippen LogP contribution >= 0.6 is 0 Å². The molecule has 0 radical (unpaired) electrons. The van der Waals surface area contributed by atoms with Crippen LogP contribution in [-0.2, 0) is 30.8 Å². The van der Waals surface area contributed by atoms with Crippen LogP contribution in [0.2, 0.25) is 36.3 Å². The molecule has 0 fully saturated rings. The van der Waals surface area contributed by atoms with Gasteiger partial charge in [-0.25, -0.2) is 0 Å². The Labute approximate surface area is 177 Å². The fourth-order valence-electron chi connectivity index (χ4n) is 3.18. The summed E-state index contributed by atoms with van der Waals surface area (Å²) in [6, 6.07) is 6.53. The van der Waals surface area contributed by atoms with Gasteiger partial charge < -0.3 is 0 Å². The van der Waals surface area contributed by atoms with E-state index in [-0.39, 0.29) is 0 Å². The quantitative estimate of drug-likeness (QED) is 0.230. The molecule has 0 aliphatic rings. The summed E-state index contributed by atoms with van der Waals surface area (Å²) in [4.78, 5) is 0. The van der Waals surface area contributed by atoms with E-state index in [0.29, 0.717) is 25.0 Å². The predicted octanol–water partition coefficient (Wildman–Crippen LogP) is 7.19. The molecule has 0 rings (SSSR count). The number of rotatable bonds is 16. The Morgan fingerprint density at radius 1 is 0.556 bits per heavy atom. The van der Waals surface area contributed by atoms with E-state index in [2.05, 4.69) is 69.2 Å². The van der Waals surface area contributed by atoms with Crippen molar-refractivity contribution in [3.05, 3.63) is 0 Å². The normalized spacial score (nSPS) is 13.8.